The van der Waals surface area contributed by atoms with Gasteiger partial charge in [0.15, 0.2) is 23.2 Å². The first-order valence-corrected chi connectivity index (χ1v) is 10.9. The third kappa shape index (κ3) is 6.93. The van der Waals surface area contributed by atoms with Gasteiger partial charge in [-0.2, -0.15) is 23.1 Å². The Morgan fingerprint density at radius 1 is 1.05 bits per heavy atom. The lowest BCUT2D eigenvalue weighted by Crippen LogP contribution is -2.44. The zero-order chi connectivity index (χ0) is 28.9. The van der Waals surface area contributed by atoms with Gasteiger partial charge in [0.05, 0.1) is 38.2 Å². The number of carbonyl (C=O) groups is 3. The first kappa shape index (κ1) is 28.7. The molecule has 1 amide bonds. The number of carbonyl (C=O) groups excluding carboxylic acids is 3. The first-order valence-electron chi connectivity index (χ1n) is 10.9. The molecule has 0 fully saturated rings. The number of benzene rings is 1. The molecule has 0 bridgehead atoms. The van der Waals surface area contributed by atoms with E-state index in [0.29, 0.717) is 6.07 Å². The highest BCUT2D eigenvalue weighted by molar-refractivity contribution is 5.97. The maximum atomic E-state index is 14.0. The normalized spacial score (nSPS) is 12.9. The molecule has 0 aliphatic carbocycles. The Bertz CT molecular complexity index is 1400. The van der Waals surface area contributed by atoms with Crippen molar-refractivity contribution in [1.29, 1.82) is 0 Å². The number of fused-ring (bicyclic) bond motifs is 1. The number of rotatable bonds is 9. The number of nitrogens with two attached hydrogens (primary N) is 2. The Morgan fingerprint density at radius 3 is 2.38 bits per heavy atom. The van der Waals surface area contributed by atoms with Crippen LogP contribution in [0.2, 0.25) is 0 Å². The Kier molecular flexibility index (Phi) is 8.62. The van der Waals surface area contributed by atoms with Gasteiger partial charge in [-0.3, -0.25) is 4.79 Å². The molecule has 2 heterocycles. The van der Waals surface area contributed by atoms with Crippen LogP contribution in [0.5, 0.6) is 0 Å². The summed E-state index contributed by atoms with van der Waals surface area (Å²) in [4.78, 5) is 51.8. The van der Waals surface area contributed by atoms with Crippen LogP contribution in [0.1, 0.15) is 28.0 Å². The Balaban J connectivity index is 1.82. The van der Waals surface area contributed by atoms with Gasteiger partial charge in [0.1, 0.15) is 6.04 Å². The van der Waals surface area contributed by atoms with Crippen LogP contribution in [0.4, 0.5) is 35.0 Å². The molecule has 0 aliphatic rings. The van der Waals surface area contributed by atoms with Gasteiger partial charge in [0.25, 0.3) is 5.91 Å². The largest absolute Gasteiger partial charge is 0.467 e. The molecule has 3 aromatic rings. The second kappa shape index (κ2) is 11.7. The topological polar surface area (TPSA) is 197 Å². The summed E-state index contributed by atoms with van der Waals surface area (Å²) in [7, 11) is 1.87. The molecule has 0 saturated heterocycles. The lowest BCUT2D eigenvalue weighted by atomic mass is 10.1. The van der Waals surface area contributed by atoms with Gasteiger partial charge in [0, 0.05) is 17.7 Å². The van der Waals surface area contributed by atoms with Crippen LogP contribution in [-0.4, -0.2) is 64.2 Å². The van der Waals surface area contributed by atoms with E-state index in [1.807, 2.05) is 0 Å². The standard InChI is InChI=1S/C22H22F4N8O5/c1-38-19(36)12(23)6-14(20(37)39-2)32-18(35)9-3-4-13(11(5-9)22(24,25)26)29-7-10-8-30-17-15(31-10)16(27)33-21(28)34-17/h3-5,8,12,14,29H,6-7H2,1-2H3,(H,32,35)(H4,27,28,30,33,34)/t12-,14-/m0/s1. The van der Waals surface area contributed by atoms with Crippen LogP contribution >= 0.6 is 0 Å². The smallest absolute Gasteiger partial charge is 0.418 e. The SMILES string of the molecule is COC(=O)[C@H](C[C@H](F)C(=O)OC)NC(=O)c1ccc(NCc2cnc3nc(N)nc(N)c3n2)c(C(F)(F)F)c1. The maximum Gasteiger partial charge on any atom is 0.418 e. The van der Waals surface area contributed by atoms with Crippen molar-refractivity contribution in [3.8, 4) is 0 Å². The summed E-state index contributed by atoms with van der Waals surface area (Å²) in [6, 6.07) is 0.904. The predicted octanol–water partition coefficient (Wildman–Crippen LogP) is 1.39. The van der Waals surface area contributed by atoms with Crippen molar-refractivity contribution < 1.29 is 41.4 Å². The molecule has 208 valence electrons. The van der Waals surface area contributed by atoms with E-state index in [9.17, 15) is 31.9 Å². The molecule has 2 aromatic heterocycles. The molecule has 0 spiro atoms. The van der Waals surface area contributed by atoms with Crippen LogP contribution in [0, 0.1) is 0 Å². The van der Waals surface area contributed by atoms with Crippen molar-refractivity contribution in [2.75, 3.05) is 31.0 Å². The molecule has 0 saturated carbocycles. The third-order valence-corrected chi connectivity index (χ3v) is 5.24. The molecular formula is C22H22F4N8O5. The summed E-state index contributed by atoms with van der Waals surface area (Å²) in [6.07, 6.45) is -6.80. The number of methoxy groups -OCH3 is 2. The van der Waals surface area contributed by atoms with Crippen molar-refractivity contribution in [2.24, 2.45) is 0 Å². The number of amides is 1. The summed E-state index contributed by atoms with van der Waals surface area (Å²) in [5.41, 5.74) is 9.55. The fraction of sp³-hybridized carbons (Fsp3) is 0.318. The summed E-state index contributed by atoms with van der Waals surface area (Å²) in [5.74, 6) is -3.74. The van der Waals surface area contributed by atoms with Crippen molar-refractivity contribution >= 4 is 46.5 Å². The minimum atomic E-state index is -4.90. The minimum Gasteiger partial charge on any atom is -0.467 e. The van der Waals surface area contributed by atoms with Crippen LogP contribution in [-0.2, 0) is 31.8 Å². The Morgan fingerprint density at radius 2 is 1.74 bits per heavy atom. The van der Waals surface area contributed by atoms with E-state index >= 15 is 0 Å². The van der Waals surface area contributed by atoms with Gasteiger partial charge < -0.3 is 31.6 Å². The highest BCUT2D eigenvalue weighted by Gasteiger charge is 2.35. The number of nitrogen functional groups attached to an aromatic ring is 2. The first-order chi connectivity index (χ1) is 18.3. The summed E-state index contributed by atoms with van der Waals surface area (Å²) < 4.78 is 64.2. The zero-order valence-corrected chi connectivity index (χ0v) is 20.4. The second-order valence-corrected chi connectivity index (χ2v) is 7.89. The van der Waals surface area contributed by atoms with Crippen LogP contribution in [0.3, 0.4) is 0 Å². The van der Waals surface area contributed by atoms with Gasteiger partial charge in [-0.25, -0.2) is 23.9 Å². The molecule has 1 aromatic carbocycles. The van der Waals surface area contributed by atoms with Gasteiger partial charge in [-0.15, -0.1) is 0 Å². The molecule has 39 heavy (non-hydrogen) atoms. The summed E-state index contributed by atoms with van der Waals surface area (Å²) >= 11 is 0. The van der Waals surface area contributed by atoms with Crippen molar-refractivity contribution in [2.45, 2.75) is 31.4 Å². The van der Waals surface area contributed by atoms with Crippen molar-refractivity contribution in [3.05, 3.63) is 41.2 Å². The average Bonchev–Trinajstić information content (AvgIpc) is 2.89. The molecule has 0 aliphatic heterocycles. The molecular weight excluding hydrogens is 532 g/mol. The van der Waals surface area contributed by atoms with Crippen molar-refractivity contribution in [3.63, 3.8) is 0 Å². The number of alkyl halides is 4. The van der Waals surface area contributed by atoms with Gasteiger partial charge in [-0.05, 0) is 18.2 Å². The number of esters is 2. The molecule has 2 atom stereocenters. The highest BCUT2D eigenvalue weighted by Crippen LogP contribution is 2.36. The molecule has 3 rings (SSSR count). The number of halogens is 4. The number of hydrogen-bond acceptors (Lipinski definition) is 12. The second-order valence-electron chi connectivity index (χ2n) is 7.89. The van der Waals surface area contributed by atoms with E-state index in [-0.39, 0.29) is 35.2 Å². The van der Waals surface area contributed by atoms with E-state index < -0.39 is 59.5 Å². The van der Waals surface area contributed by atoms with Crippen molar-refractivity contribution in [1.82, 2.24) is 25.3 Å². The number of nitrogens with one attached hydrogen (secondary N) is 2. The van der Waals surface area contributed by atoms with E-state index in [2.05, 4.69) is 40.0 Å². The van der Waals surface area contributed by atoms with Gasteiger partial charge in [0.2, 0.25) is 5.95 Å². The lowest BCUT2D eigenvalue weighted by Gasteiger charge is -2.19. The molecule has 17 heteroatoms. The lowest BCUT2D eigenvalue weighted by molar-refractivity contribution is -0.149. The maximum absolute atomic E-state index is 14.0. The number of anilines is 3. The monoisotopic (exact) mass is 554 g/mol. The highest BCUT2D eigenvalue weighted by atomic mass is 19.4. The third-order valence-electron chi connectivity index (χ3n) is 5.24. The van der Waals surface area contributed by atoms with E-state index in [1.165, 1.54) is 6.20 Å². The fourth-order valence-corrected chi connectivity index (χ4v) is 3.36. The molecule has 6 N–H and O–H groups in total. The minimum absolute atomic E-state index is 0.0610. The molecule has 0 unspecified atom stereocenters. The zero-order valence-electron chi connectivity index (χ0n) is 20.4. The van der Waals surface area contributed by atoms with E-state index in [4.69, 9.17) is 11.5 Å². The fourth-order valence-electron chi connectivity index (χ4n) is 3.36. The number of hydrogen-bond donors (Lipinski definition) is 4. The average molecular weight is 554 g/mol. The van der Waals surface area contributed by atoms with Crippen LogP contribution in [0.25, 0.3) is 11.2 Å². The Hall–Kier alpha value is -4.83. The molecule has 0 radical (unpaired) electrons. The quantitative estimate of drug-likeness (QED) is 0.219. The van der Waals surface area contributed by atoms with E-state index in [0.717, 1.165) is 26.4 Å². The number of nitrogens with zero attached hydrogens (tertiary/aromatic N) is 4. The Labute approximate surface area is 217 Å². The number of aromatic nitrogens is 4. The summed E-state index contributed by atoms with van der Waals surface area (Å²) in [6.45, 7) is -0.225. The van der Waals surface area contributed by atoms with Crippen LogP contribution in [0.15, 0.2) is 24.4 Å². The van der Waals surface area contributed by atoms with Gasteiger partial charge in [-0.1, -0.05) is 0 Å². The van der Waals surface area contributed by atoms with Gasteiger partial charge >= 0.3 is 18.1 Å². The molecule has 13 nitrogen and oxygen atoms in total. The van der Waals surface area contributed by atoms with E-state index in [1.54, 1.807) is 0 Å². The predicted molar refractivity (Wildman–Crippen MR) is 128 cm³/mol. The summed E-state index contributed by atoms with van der Waals surface area (Å²) in [5, 5.41) is 4.65. The van der Waals surface area contributed by atoms with Crippen LogP contribution < -0.4 is 22.1 Å². The number of ether oxygens (including phenoxy) is 2.